The molecule has 2 N–H and O–H groups in total. The van der Waals surface area contributed by atoms with Gasteiger partial charge in [0.05, 0.1) is 0 Å². The fourth-order valence-electron chi connectivity index (χ4n) is 1.46. The number of hydrogen-bond donors (Lipinski definition) is 2. The minimum atomic E-state index is -1.03. The Labute approximate surface area is 125 Å². The highest BCUT2D eigenvalue weighted by Gasteiger charge is 2.23. The first kappa shape index (κ1) is 19.1. The first-order chi connectivity index (χ1) is 9.26. The van der Waals surface area contributed by atoms with Crippen molar-refractivity contribution in [2.45, 2.75) is 65.0 Å². The van der Waals surface area contributed by atoms with Crippen LogP contribution in [0.2, 0.25) is 0 Å². The van der Waals surface area contributed by atoms with Gasteiger partial charge in [-0.15, -0.1) is 0 Å². The summed E-state index contributed by atoms with van der Waals surface area (Å²) >= 11 is 1.55. The third kappa shape index (κ3) is 11.0. The van der Waals surface area contributed by atoms with Crippen LogP contribution in [-0.4, -0.2) is 40.3 Å². The van der Waals surface area contributed by atoms with Crippen molar-refractivity contribution in [3.63, 3.8) is 0 Å². The number of carbonyl (C=O) groups is 2. The second-order valence-electron chi connectivity index (χ2n) is 5.67. The van der Waals surface area contributed by atoms with Gasteiger partial charge in [0.15, 0.2) is 0 Å². The van der Waals surface area contributed by atoms with Crippen molar-refractivity contribution in [2.24, 2.45) is 0 Å². The molecule has 1 unspecified atom stereocenters. The van der Waals surface area contributed by atoms with Crippen molar-refractivity contribution < 1.29 is 19.4 Å². The van der Waals surface area contributed by atoms with Crippen LogP contribution in [-0.2, 0) is 9.53 Å². The fourth-order valence-corrected chi connectivity index (χ4v) is 2.49. The van der Waals surface area contributed by atoms with E-state index in [1.54, 1.807) is 32.5 Å². The van der Waals surface area contributed by atoms with E-state index < -0.39 is 23.7 Å². The standard InChI is InChI=1S/C14H27NO4S/c1-5-6-7-8-9-20-10-11(12(16)17)15-13(18)19-14(2,3)4/h11H,5-10H2,1-4H3,(H,15,18)(H,16,17). The topological polar surface area (TPSA) is 75.6 Å². The Bertz CT molecular complexity index is 302. The lowest BCUT2D eigenvalue weighted by atomic mass is 10.2. The molecule has 0 aromatic rings. The fraction of sp³-hybridized carbons (Fsp3) is 0.857. The highest BCUT2D eigenvalue weighted by atomic mass is 32.2. The molecule has 0 saturated carbocycles. The Morgan fingerprint density at radius 1 is 1.25 bits per heavy atom. The predicted octanol–water partition coefficient (Wildman–Crippen LogP) is 3.28. The zero-order valence-electron chi connectivity index (χ0n) is 12.9. The van der Waals surface area contributed by atoms with Gasteiger partial charge in [-0.05, 0) is 32.9 Å². The number of unbranched alkanes of at least 4 members (excludes halogenated alkanes) is 3. The molecule has 0 saturated heterocycles. The quantitative estimate of drug-likeness (QED) is 0.639. The lowest BCUT2D eigenvalue weighted by Crippen LogP contribution is -2.45. The SMILES string of the molecule is CCCCCCSCC(NC(=O)OC(C)(C)C)C(=O)O. The molecule has 0 aliphatic heterocycles. The zero-order valence-corrected chi connectivity index (χ0v) is 13.7. The van der Waals surface area contributed by atoms with Crippen LogP contribution in [0.25, 0.3) is 0 Å². The van der Waals surface area contributed by atoms with E-state index in [1.807, 2.05) is 0 Å². The van der Waals surface area contributed by atoms with E-state index in [-0.39, 0.29) is 0 Å². The number of amides is 1. The largest absolute Gasteiger partial charge is 0.480 e. The predicted molar refractivity (Wildman–Crippen MR) is 82.3 cm³/mol. The summed E-state index contributed by atoms with van der Waals surface area (Å²) in [5.74, 6) is 0.248. The normalized spacial score (nSPS) is 12.8. The molecule has 118 valence electrons. The molecular formula is C14H27NO4S. The van der Waals surface area contributed by atoms with Crippen LogP contribution in [0.5, 0.6) is 0 Å². The summed E-state index contributed by atoms with van der Waals surface area (Å²) in [5, 5.41) is 11.5. The molecule has 0 bridgehead atoms. The van der Waals surface area contributed by atoms with Crippen LogP contribution in [0.1, 0.15) is 53.4 Å². The number of rotatable bonds is 9. The van der Waals surface area contributed by atoms with Crippen LogP contribution in [0, 0.1) is 0 Å². The molecule has 6 heteroatoms. The van der Waals surface area contributed by atoms with E-state index in [2.05, 4.69) is 12.2 Å². The molecule has 20 heavy (non-hydrogen) atoms. The van der Waals surface area contributed by atoms with Crippen molar-refractivity contribution in [3.8, 4) is 0 Å². The number of hydrogen-bond acceptors (Lipinski definition) is 4. The number of nitrogens with one attached hydrogen (secondary N) is 1. The Morgan fingerprint density at radius 3 is 2.40 bits per heavy atom. The molecule has 0 radical (unpaired) electrons. The van der Waals surface area contributed by atoms with E-state index in [9.17, 15) is 9.59 Å². The molecule has 0 heterocycles. The summed E-state index contributed by atoms with van der Waals surface area (Å²) in [6.07, 6.45) is 3.95. The number of carboxylic acids is 1. The van der Waals surface area contributed by atoms with Crippen LogP contribution >= 0.6 is 11.8 Å². The van der Waals surface area contributed by atoms with Crippen molar-refractivity contribution in [1.29, 1.82) is 0 Å². The third-order valence-electron chi connectivity index (χ3n) is 2.42. The van der Waals surface area contributed by atoms with Crippen molar-refractivity contribution in [3.05, 3.63) is 0 Å². The molecule has 1 atom stereocenters. The van der Waals surface area contributed by atoms with Crippen LogP contribution < -0.4 is 5.32 Å². The van der Waals surface area contributed by atoms with Gasteiger partial charge in [0.2, 0.25) is 0 Å². The summed E-state index contributed by atoms with van der Waals surface area (Å²) in [4.78, 5) is 22.6. The Balaban J connectivity index is 3.99. The van der Waals surface area contributed by atoms with E-state index in [4.69, 9.17) is 9.84 Å². The molecular weight excluding hydrogens is 278 g/mol. The molecule has 0 aromatic heterocycles. The van der Waals surface area contributed by atoms with E-state index >= 15 is 0 Å². The van der Waals surface area contributed by atoms with Gasteiger partial charge in [0, 0.05) is 5.75 Å². The molecule has 0 aliphatic carbocycles. The van der Waals surface area contributed by atoms with Gasteiger partial charge in [-0.2, -0.15) is 11.8 Å². The van der Waals surface area contributed by atoms with Crippen molar-refractivity contribution in [1.82, 2.24) is 5.32 Å². The molecule has 0 spiro atoms. The van der Waals surface area contributed by atoms with Gasteiger partial charge < -0.3 is 15.2 Å². The molecule has 0 aromatic carbocycles. The Kier molecular flexibility index (Phi) is 9.46. The number of carboxylic acid groups (broad SMARTS) is 1. The third-order valence-corrected chi connectivity index (χ3v) is 3.56. The van der Waals surface area contributed by atoms with Crippen molar-refractivity contribution in [2.75, 3.05) is 11.5 Å². The van der Waals surface area contributed by atoms with Gasteiger partial charge in [0.1, 0.15) is 11.6 Å². The minimum Gasteiger partial charge on any atom is -0.480 e. The molecule has 0 rings (SSSR count). The second-order valence-corrected chi connectivity index (χ2v) is 6.82. The average Bonchev–Trinajstić information content (AvgIpc) is 2.29. The van der Waals surface area contributed by atoms with E-state index in [0.717, 1.165) is 12.2 Å². The Hall–Kier alpha value is -0.910. The van der Waals surface area contributed by atoms with Gasteiger partial charge >= 0.3 is 12.1 Å². The summed E-state index contributed by atoms with van der Waals surface area (Å²) in [5.41, 5.74) is -0.625. The number of alkyl carbamates (subject to hydrolysis) is 1. The number of aliphatic carboxylic acids is 1. The van der Waals surface area contributed by atoms with Gasteiger partial charge in [-0.25, -0.2) is 9.59 Å². The van der Waals surface area contributed by atoms with Crippen LogP contribution in [0.3, 0.4) is 0 Å². The van der Waals surface area contributed by atoms with Gasteiger partial charge in [0.25, 0.3) is 0 Å². The maximum atomic E-state index is 11.5. The first-order valence-corrected chi connectivity index (χ1v) is 8.21. The lowest BCUT2D eigenvalue weighted by Gasteiger charge is -2.21. The maximum absolute atomic E-state index is 11.5. The zero-order chi connectivity index (χ0) is 15.6. The average molecular weight is 305 g/mol. The number of ether oxygens (including phenoxy) is 1. The van der Waals surface area contributed by atoms with Gasteiger partial charge in [-0.3, -0.25) is 0 Å². The van der Waals surface area contributed by atoms with Gasteiger partial charge in [-0.1, -0.05) is 26.2 Å². The number of thioether (sulfide) groups is 1. The summed E-state index contributed by atoms with van der Waals surface area (Å²) in [6.45, 7) is 7.37. The monoisotopic (exact) mass is 305 g/mol. The lowest BCUT2D eigenvalue weighted by molar-refractivity contribution is -0.138. The Morgan fingerprint density at radius 2 is 1.90 bits per heavy atom. The molecule has 0 fully saturated rings. The number of carbonyl (C=O) groups excluding carboxylic acids is 1. The van der Waals surface area contributed by atoms with Crippen molar-refractivity contribution >= 4 is 23.8 Å². The molecule has 5 nitrogen and oxygen atoms in total. The first-order valence-electron chi connectivity index (χ1n) is 7.06. The smallest absolute Gasteiger partial charge is 0.408 e. The molecule has 0 aliphatic rings. The van der Waals surface area contributed by atoms with Crippen LogP contribution in [0.4, 0.5) is 4.79 Å². The maximum Gasteiger partial charge on any atom is 0.408 e. The van der Waals surface area contributed by atoms with Crippen LogP contribution in [0.15, 0.2) is 0 Å². The summed E-state index contributed by atoms with van der Waals surface area (Å²) < 4.78 is 5.06. The second kappa shape index (κ2) is 9.91. The van der Waals surface area contributed by atoms with E-state index in [1.165, 1.54) is 19.3 Å². The molecule has 1 amide bonds. The highest BCUT2D eigenvalue weighted by Crippen LogP contribution is 2.11. The van der Waals surface area contributed by atoms with E-state index in [0.29, 0.717) is 5.75 Å². The highest BCUT2D eigenvalue weighted by molar-refractivity contribution is 7.99. The summed E-state index contributed by atoms with van der Waals surface area (Å²) in [6, 6.07) is -0.902. The summed E-state index contributed by atoms with van der Waals surface area (Å²) in [7, 11) is 0. The minimum absolute atomic E-state index is 0.362.